The van der Waals surface area contributed by atoms with Gasteiger partial charge in [0.25, 0.3) is 11.8 Å². The average molecular weight is 351 g/mol. The lowest BCUT2D eigenvalue weighted by Gasteiger charge is -2.27. The van der Waals surface area contributed by atoms with Crippen molar-refractivity contribution in [2.24, 2.45) is 0 Å². The van der Waals surface area contributed by atoms with Crippen molar-refractivity contribution in [3.63, 3.8) is 0 Å². The maximum Gasteiger partial charge on any atom is 0.330 e. The number of rotatable bonds is 8. The molecular formula is C21H21NO4. The highest BCUT2D eigenvalue weighted by Gasteiger charge is 2.31. The van der Waals surface area contributed by atoms with Crippen LogP contribution in [0.4, 0.5) is 0 Å². The van der Waals surface area contributed by atoms with Crippen molar-refractivity contribution in [2.45, 2.75) is 25.7 Å². The Morgan fingerprint density at radius 2 is 1.58 bits per heavy atom. The first-order valence-corrected chi connectivity index (χ1v) is 8.80. The summed E-state index contributed by atoms with van der Waals surface area (Å²) in [5.41, 5.74) is 1.18. The third-order valence-electron chi connectivity index (χ3n) is 4.54. The molecule has 0 saturated carbocycles. The standard InChI is InChI=1S/C21H21NO4/c1-2-18(23)26-14-6-4-3-5-13-22-20(24)16-11-7-9-15-10-8-12-17(19(15)16)21(22)25/h2,7-12H,1,3-6,13-14H2. The van der Waals surface area contributed by atoms with Crippen LogP contribution in [0.5, 0.6) is 0 Å². The molecule has 2 aromatic carbocycles. The number of carbonyl (C=O) groups is 3. The molecule has 0 atom stereocenters. The van der Waals surface area contributed by atoms with E-state index >= 15 is 0 Å². The van der Waals surface area contributed by atoms with Crippen molar-refractivity contribution >= 4 is 28.6 Å². The molecule has 1 aliphatic heterocycles. The first-order chi connectivity index (χ1) is 12.6. The number of nitrogens with zero attached hydrogens (tertiary/aromatic N) is 1. The Morgan fingerprint density at radius 1 is 0.962 bits per heavy atom. The van der Waals surface area contributed by atoms with E-state index in [0.717, 1.165) is 42.5 Å². The molecule has 5 heteroatoms. The SMILES string of the molecule is C=CC(=O)OCCCCCCN1C(=O)c2cccc3cccc(c23)C1=O. The quantitative estimate of drug-likeness (QED) is 0.315. The summed E-state index contributed by atoms with van der Waals surface area (Å²) in [5, 5.41) is 1.67. The number of amides is 2. The largest absolute Gasteiger partial charge is 0.463 e. The number of esters is 1. The molecule has 0 unspecified atom stereocenters. The predicted octanol–water partition coefficient (Wildman–Crippen LogP) is 3.73. The molecular weight excluding hydrogens is 330 g/mol. The van der Waals surface area contributed by atoms with E-state index in [4.69, 9.17) is 4.74 Å². The van der Waals surface area contributed by atoms with Gasteiger partial charge in [-0.2, -0.15) is 0 Å². The van der Waals surface area contributed by atoms with Gasteiger partial charge in [0, 0.05) is 29.1 Å². The van der Waals surface area contributed by atoms with Crippen molar-refractivity contribution in [3.05, 3.63) is 60.2 Å². The lowest BCUT2D eigenvalue weighted by molar-refractivity contribution is -0.137. The van der Waals surface area contributed by atoms with Gasteiger partial charge in [-0.3, -0.25) is 14.5 Å². The summed E-state index contributed by atoms with van der Waals surface area (Å²) in [6.45, 7) is 4.10. The van der Waals surface area contributed by atoms with E-state index in [1.807, 2.05) is 24.3 Å². The minimum Gasteiger partial charge on any atom is -0.463 e. The van der Waals surface area contributed by atoms with Crippen molar-refractivity contribution in [2.75, 3.05) is 13.2 Å². The Balaban J connectivity index is 1.57. The second kappa shape index (κ2) is 7.95. The van der Waals surface area contributed by atoms with E-state index in [-0.39, 0.29) is 11.8 Å². The fourth-order valence-corrected chi connectivity index (χ4v) is 3.24. The van der Waals surface area contributed by atoms with Crippen molar-refractivity contribution in [1.29, 1.82) is 0 Å². The van der Waals surface area contributed by atoms with Gasteiger partial charge in [-0.1, -0.05) is 37.3 Å². The molecule has 0 saturated heterocycles. The highest BCUT2D eigenvalue weighted by Crippen LogP contribution is 2.30. The molecule has 0 spiro atoms. The molecule has 0 radical (unpaired) electrons. The molecule has 0 aliphatic carbocycles. The molecule has 0 bridgehead atoms. The molecule has 26 heavy (non-hydrogen) atoms. The van der Waals surface area contributed by atoms with Crippen LogP contribution >= 0.6 is 0 Å². The minimum atomic E-state index is -0.414. The lowest BCUT2D eigenvalue weighted by atomic mass is 9.94. The lowest BCUT2D eigenvalue weighted by Crippen LogP contribution is -2.40. The zero-order chi connectivity index (χ0) is 18.5. The number of ether oxygens (including phenoxy) is 1. The zero-order valence-electron chi connectivity index (χ0n) is 14.6. The van der Waals surface area contributed by atoms with Gasteiger partial charge in [0.2, 0.25) is 0 Å². The van der Waals surface area contributed by atoms with E-state index < -0.39 is 5.97 Å². The molecule has 0 aromatic heterocycles. The number of hydrogen-bond donors (Lipinski definition) is 0. The Kier molecular flexibility index (Phi) is 5.46. The summed E-state index contributed by atoms with van der Waals surface area (Å²) in [6.07, 6.45) is 4.35. The van der Waals surface area contributed by atoms with Gasteiger partial charge in [-0.15, -0.1) is 0 Å². The van der Waals surface area contributed by atoms with E-state index in [1.165, 1.54) is 4.90 Å². The zero-order valence-corrected chi connectivity index (χ0v) is 14.6. The maximum absolute atomic E-state index is 12.7. The predicted molar refractivity (Wildman–Crippen MR) is 98.9 cm³/mol. The summed E-state index contributed by atoms with van der Waals surface area (Å²) in [5.74, 6) is -0.860. The first kappa shape index (κ1) is 17.9. The summed E-state index contributed by atoms with van der Waals surface area (Å²) in [7, 11) is 0. The van der Waals surface area contributed by atoms with E-state index in [0.29, 0.717) is 24.3 Å². The molecule has 2 amide bonds. The molecule has 3 rings (SSSR count). The highest BCUT2D eigenvalue weighted by atomic mass is 16.5. The smallest absolute Gasteiger partial charge is 0.330 e. The maximum atomic E-state index is 12.7. The second-order valence-corrected chi connectivity index (χ2v) is 6.26. The summed E-state index contributed by atoms with van der Waals surface area (Å²) in [4.78, 5) is 37.7. The molecule has 1 heterocycles. The van der Waals surface area contributed by atoms with Crippen molar-refractivity contribution in [3.8, 4) is 0 Å². The monoisotopic (exact) mass is 351 g/mol. The Morgan fingerprint density at radius 3 is 2.19 bits per heavy atom. The Bertz CT molecular complexity index is 821. The van der Waals surface area contributed by atoms with Crippen LogP contribution in [0.3, 0.4) is 0 Å². The van der Waals surface area contributed by atoms with Gasteiger partial charge in [-0.05, 0) is 36.8 Å². The summed E-state index contributed by atoms with van der Waals surface area (Å²) < 4.78 is 4.92. The first-order valence-electron chi connectivity index (χ1n) is 8.80. The van der Waals surface area contributed by atoms with Gasteiger partial charge < -0.3 is 4.74 Å². The number of unbranched alkanes of at least 4 members (excludes halogenated alkanes) is 3. The van der Waals surface area contributed by atoms with Crippen LogP contribution < -0.4 is 0 Å². The van der Waals surface area contributed by atoms with Crippen LogP contribution in [0.25, 0.3) is 10.8 Å². The summed E-state index contributed by atoms with van der Waals surface area (Å²) in [6, 6.07) is 11.1. The van der Waals surface area contributed by atoms with Gasteiger partial charge in [0.1, 0.15) is 0 Å². The fourth-order valence-electron chi connectivity index (χ4n) is 3.24. The normalized spacial score (nSPS) is 13.2. The van der Waals surface area contributed by atoms with E-state index in [1.54, 1.807) is 12.1 Å². The third-order valence-corrected chi connectivity index (χ3v) is 4.54. The van der Waals surface area contributed by atoms with Crippen molar-refractivity contribution < 1.29 is 19.1 Å². The highest BCUT2D eigenvalue weighted by molar-refractivity contribution is 6.25. The van der Waals surface area contributed by atoms with Gasteiger partial charge in [0.15, 0.2) is 0 Å². The van der Waals surface area contributed by atoms with Crippen LogP contribution in [-0.2, 0) is 9.53 Å². The number of hydrogen-bond acceptors (Lipinski definition) is 4. The molecule has 0 fully saturated rings. The minimum absolute atomic E-state index is 0.223. The van der Waals surface area contributed by atoms with Gasteiger partial charge >= 0.3 is 5.97 Å². The second-order valence-electron chi connectivity index (χ2n) is 6.26. The molecule has 2 aromatic rings. The molecule has 0 N–H and O–H groups in total. The number of carbonyl (C=O) groups excluding carboxylic acids is 3. The topological polar surface area (TPSA) is 63.7 Å². The average Bonchev–Trinajstić information content (AvgIpc) is 2.67. The summed E-state index contributed by atoms with van der Waals surface area (Å²) >= 11 is 0. The van der Waals surface area contributed by atoms with Crippen LogP contribution in [0.2, 0.25) is 0 Å². The Labute approximate surface area is 152 Å². The van der Waals surface area contributed by atoms with Crippen LogP contribution in [0.15, 0.2) is 49.1 Å². The van der Waals surface area contributed by atoms with Crippen LogP contribution in [0, 0.1) is 0 Å². The fraction of sp³-hybridized carbons (Fsp3) is 0.286. The van der Waals surface area contributed by atoms with Crippen LogP contribution in [0.1, 0.15) is 46.4 Å². The number of imide groups is 1. The van der Waals surface area contributed by atoms with Crippen LogP contribution in [-0.4, -0.2) is 35.8 Å². The van der Waals surface area contributed by atoms with Crippen molar-refractivity contribution in [1.82, 2.24) is 4.90 Å². The molecule has 5 nitrogen and oxygen atoms in total. The third kappa shape index (κ3) is 3.52. The number of benzene rings is 2. The van der Waals surface area contributed by atoms with E-state index in [9.17, 15) is 14.4 Å². The van der Waals surface area contributed by atoms with E-state index in [2.05, 4.69) is 6.58 Å². The van der Waals surface area contributed by atoms with Gasteiger partial charge in [0.05, 0.1) is 6.61 Å². The Hall–Kier alpha value is -2.95. The molecule has 1 aliphatic rings. The van der Waals surface area contributed by atoms with Gasteiger partial charge in [-0.25, -0.2) is 4.79 Å². The molecule has 134 valence electrons.